The highest BCUT2D eigenvalue weighted by Crippen LogP contribution is 2.50. The molecule has 3 rings (SSSR count). The van der Waals surface area contributed by atoms with Crippen LogP contribution in [-0.4, -0.2) is 32.5 Å². The molecular weight excluding hydrogens is 304 g/mol. The van der Waals surface area contributed by atoms with Crippen LogP contribution in [0.1, 0.15) is 40.0 Å². The second-order valence-corrected chi connectivity index (χ2v) is 7.41. The van der Waals surface area contributed by atoms with Crippen molar-refractivity contribution in [3.63, 3.8) is 0 Å². The molecule has 1 fully saturated rings. The van der Waals surface area contributed by atoms with E-state index >= 15 is 0 Å². The molecule has 0 bridgehead atoms. The van der Waals surface area contributed by atoms with Gasteiger partial charge in [0, 0.05) is 24.7 Å². The predicted octanol–water partition coefficient (Wildman–Crippen LogP) is 3.56. The molecule has 1 aromatic heterocycles. The van der Waals surface area contributed by atoms with Crippen LogP contribution in [0.15, 0.2) is 42.5 Å². The zero-order valence-electron chi connectivity index (χ0n) is 14.6. The van der Waals surface area contributed by atoms with Gasteiger partial charge in [-0.2, -0.15) is 0 Å². The molecule has 2 aliphatic rings. The maximum Gasteiger partial charge on any atom is 0.419 e. The normalized spacial score (nSPS) is 35.8. The van der Waals surface area contributed by atoms with Crippen molar-refractivity contribution in [3.05, 3.63) is 42.5 Å². The van der Waals surface area contributed by atoms with Crippen molar-refractivity contribution in [3.8, 4) is 0 Å². The third-order valence-electron chi connectivity index (χ3n) is 5.83. The van der Waals surface area contributed by atoms with Gasteiger partial charge in [0.05, 0.1) is 5.60 Å². The zero-order valence-corrected chi connectivity index (χ0v) is 14.6. The highest BCUT2D eigenvalue weighted by atomic mass is 16.6. The van der Waals surface area contributed by atoms with Crippen molar-refractivity contribution in [2.45, 2.75) is 51.7 Å². The molecule has 0 amide bonds. The molecule has 5 unspecified atom stereocenters. The first-order valence-electron chi connectivity index (χ1n) is 8.58. The molecule has 5 nitrogen and oxygen atoms in total. The Morgan fingerprint density at radius 1 is 1.50 bits per heavy atom. The fourth-order valence-electron chi connectivity index (χ4n) is 4.22. The maximum absolute atomic E-state index is 12.2. The van der Waals surface area contributed by atoms with Crippen molar-refractivity contribution in [2.24, 2.45) is 17.8 Å². The minimum Gasteiger partial charge on any atom is -0.441 e. The summed E-state index contributed by atoms with van der Waals surface area (Å²) in [6, 6.07) is 0. The minimum absolute atomic E-state index is 0.0435. The van der Waals surface area contributed by atoms with Gasteiger partial charge in [0.2, 0.25) is 0 Å². The second kappa shape index (κ2) is 6.20. The van der Waals surface area contributed by atoms with E-state index in [1.165, 1.54) is 17.1 Å². The van der Waals surface area contributed by atoms with Crippen LogP contribution >= 0.6 is 0 Å². The smallest absolute Gasteiger partial charge is 0.419 e. The van der Waals surface area contributed by atoms with Gasteiger partial charge in [-0.15, -0.1) is 0 Å². The SMILES string of the molecule is C=C(C)C1CCC(C)C2(O)CC(OC(=O)n3ccnc3)C(C)=CC12. The number of carbonyl (C=O) groups is 1. The Labute approximate surface area is 143 Å². The molecule has 2 aliphatic carbocycles. The molecule has 0 aliphatic heterocycles. The molecule has 1 N–H and O–H groups in total. The standard InChI is InChI=1S/C19H26N2O3/c1-12(2)15-6-5-14(4)19(23)10-17(13(3)9-16(15)19)24-18(22)21-8-7-20-11-21/h7-9,11,14-17,23H,1,5-6,10H2,2-4H3. The van der Waals surface area contributed by atoms with Gasteiger partial charge < -0.3 is 9.84 Å². The Morgan fingerprint density at radius 3 is 2.88 bits per heavy atom. The van der Waals surface area contributed by atoms with Crippen LogP contribution in [0.3, 0.4) is 0 Å². The van der Waals surface area contributed by atoms with E-state index in [0.29, 0.717) is 6.42 Å². The van der Waals surface area contributed by atoms with E-state index in [1.54, 1.807) is 6.20 Å². The topological polar surface area (TPSA) is 64.3 Å². The van der Waals surface area contributed by atoms with Crippen LogP contribution in [0.5, 0.6) is 0 Å². The maximum atomic E-state index is 12.2. The Bertz CT molecular complexity index is 664. The lowest BCUT2D eigenvalue weighted by Crippen LogP contribution is -2.55. The van der Waals surface area contributed by atoms with Gasteiger partial charge in [-0.1, -0.05) is 25.2 Å². The molecule has 1 aromatic rings. The zero-order chi connectivity index (χ0) is 17.5. The number of imidazole rings is 1. The number of hydrogen-bond acceptors (Lipinski definition) is 4. The lowest BCUT2D eigenvalue weighted by atomic mass is 9.58. The van der Waals surface area contributed by atoms with Crippen molar-refractivity contribution >= 4 is 6.09 Å². The van der Waals surface area contributed by atoms with Gasteiger partial charge >= 0.3 is 6.09 Å². The summed E-state index contributed by atoms with van der Waals surface area (Å²) in [7, 11) is 0. The number of hydrogen-bond donors (Lipinski definition) is 1. The molecule has 5 heteroatoms. The monoisotopic (exact) mass is 330 g/mol. The number of allylic oxidation sites excluding steroid dienone is 1. The number of nitrogens with zero attached hydrogens (tertiary/aromatic N) is 2. The number of aromatic nitrogens is 2. The van der Waals surface area contributed by atoms with Crippen LogP contribution in [0, 0.1) is 17.8 Å². The molecule has 130 valence electrons. The third kappa shape index (κ3) is 2.81. The average Bonchev–Trinajstić information content (AvgIpc) is 3.05. The highest BCUT2D eigenvalue weighted by Gasteiger charge is 2.51. The number of fused-ring (bicyclic) bond motifs is 1. The van der Waals surface area contributed by atoms with Crippen LogP contribution < -0.4 is 0 Å². The molecule has 0 saturated heterocycles. The molecule has 0 aromatic carbocycles. The Balaban J connectivity index is 1.86. The van der Waals surface area contributed by atoms with Gasteiger partial charge in [-0.3, -0.25) is 0 Å². The van der Waals surface area contributed by atoms with Crippen LogP contribution in [0.4, 0.5) is 4.79 Å². The van der Waals surface area contributed by atoms with Gasteiger partial charge in [0.1, 0.15) is 12.4 Å². The highest BCUT2D eigenvalue weighted by molar-refractivity contribution is 5.70. The van der Waals surface area contributed by atoms with Crippen molar-refractivity contribution in [1.82, 2.24) is 9.55 Å². The van der Waals surface area contributed by atoms with E-state index in [9.17, 15) is 9.90 Å². The number of ether oxygens (including phenoxy) is 1. The quantitative estimate of drug-likeness (QED) is 0.842. The van der Waals surface area contributed by atoms with E-state index < -0.39 is 17.8 Å². The first-order valence-corrected chi connectivity index (χ1v) is 8.58. The van der Waals surface area contributed by atoms with Gasteiger partial charge in [-0.25, -0.2) is 14.3 Å². The fourth-order valence-corrected chi connectivity index (χ4v) is 4.22. The lowest BCUT2D eigenvalue weighted by Gasteiger charge is -2.51. The number of carbonyl (C=O) groups excluding carboxylic acids is 1. The average molecular weight is 330 g/mol. The van der Waals surface area contributed by atoms with Gasteiger partial charge in [-0.05, 0) is 44.1 Å². The second-order valence-electron chi connectivity index (χ2n) is 7.41. The van der Waals surface area contributed by atoms with Crippen LogP contribution in [-0.2, 0) is 4.74 Å². The Kier molecular flexibility index (Phi) is 4.38. The number of rotatable bonds is 2. The van der Waals surface area contributed by atoms with E-state index in [0.717, 1.165) is 24.0 Å². The first kappa shape index (κ1) is 17.0. The summed E-state index contributed by atoms with van der Waals surface area (Å²) in [4.78, 5) is 16.1. The summed E-state index contributed by atoms with van der Waals surface area (Å²) in [5.41, 5.74) is 1.25. The van der Waals surface area contributed by atoms with E-state index in [2.05, 4.69) is 24.6 Å². The van der Waals surface area contributed by atoms with E-state index in [1.807, 2.05) is 13.8 Å². The molecule has 5 atom stereocenters. The molecule has 0 radical (unpaired) electrons. The summed E-state index contributed by atoms with van der Waals surface area (Å²) >= 11 is 0. The predicted molar refractivity (Wildman–Crippen MR) is 91.4 cm³/mol. The van der Waals surface area contributed by atoms with Crippen molar-refractivity contribution in [2.75, 3.05) is 0 Å². The van der Waals surface area contributed by atoms with Gasteiger partial charge in [0.25, 0.3) is 0 Å². The van der Waals surface area contributed by atoms with Crippen LogP contribution in [0.2, 0.25) is 0 Å². The Hall–Kier alpha value is -1.88. The first-order chi connectivity index (χ1) is 11.3. The molecular formula is C19H26N2O3. The largest absolute Gasteiger partial charge is 0.441 e. The molecule has 24 heavy (non-hydrogen) atoms. The van der Waals surface area contributed by atoms with Crippen molar-refractivity contribution < 1.29 is 14.6 Å². The van der Waals surface area contributed by atoms with Gasteiger partial charge in [0.15, 0.2) is 0 Å². The summed E-state index contributed by atoms with van der Waals surface area (Å²) in [6.07, 6.45) is 8.18. The van der Waals surface area contributed by atoms with Crippen molar-refractivity contribution in [1.29, 1.82) is 0 Å². The van der Waals surface area contributed by atoms with E-state index in [-0.39, 0.29) is 17.8 Å². The summed E-state index contributed by atoms with van der Waals surface area (Å²) in [6.45, 7) is 10.2. The Morgan fingerprint density at radius 2 is 2.25 bits per heavy atom. The summed E-state index contributed by atoms with van der Waals surface area (Å²) in [5.74, 6) is 0.491. The molecule has 1 heterocycles. The summed E-state index contributed by atoms with van der Waals surface area (Å²) in [5, 5.41) is 11.4. The number of aliphatic hydroxyl groups is 1. The fraction of sp³-hybridized carbons (Fsp3) is 0.579. The van der Waals surface area contributed by atoms with E-state index in [4.69, 9.17) is 4.74 Å². The third-order valence-corrected chi connectivity index (χ3v) is 5.83. The lowest BCUT2D eigenvalue weighted by molar-refractivity contribution is -0.117. The minimum atomic E-state index is -0.860. The molecule has 0 spiro atoms. The van der Waals surface area contributed by atoms with Crippen LogP contribution in [0.25, 0.3) is 0 Å². The molecule has 1 saturated carbocycles. The summed E-state index contributed by atoms with van der Waals surface area (Å²) < 4.78 is 6.95.